The summed E-state index contributed by atoms with van der Waals surface area (Å²) in [6.07, 6.45) is 4.61. The van der Waals surface area contributed by atoms with Gasteiger partial charge in [-0.25, -0.2) is 0 Å². The first-order valence-electron chi connectivity index (χ1n) is 11.6. The minimum absolute atomic E-state index is 0.147. The fourth-order valence-corrected chi connectivity index (χ4v) is 4.85. The number of imide groups is 1. The first kappa shape index (κ1) is 21.3. The molecule has 2 amide bonds. The Morgan fingerprint density at radius 2 is 1.61 bits per heavy atom. The predicted molar refractivity (Wildman–Crippen MR) is 127 cm³/mol. The monoisotopic (exact) mass is 440 g/mol. The van der Waals surface area contributed by atoms with Crippen LogP contribution in [0.3, 0.4) is 0 Å². The summed E-state index contributed by atoms with van der Waals surface area (Å²) in [6.45, 7) is 3.71. The van der Waals surface area contributed by atoms with Crippen molar-refractivity contribution in [3.63, 3.8) is 0 Å². The van der Waals surface area contributed by atoms with E-state index in [0.29, 0.717) is 22.9 Å². The van der Waals surface area contributed by atoms with E-state index < -0.39 is 0 Å². The Labute approximate surface area is 194 Å². The lowest BCUT2D eigenvalue weighted by Gasteiger charge is -2.34. The molecule has 0 spiro atoms. The molecule has 2 aromatic carbocycles. The molecule has 0 N–H and O–H groups in total. The quantitative estimate of drug-likeness (QED) is 0.516. The van der Waals surface area contributed by atoms with Crippen LogP contribution in [0, 0.1) is 12.8 Å². The van der Waals surface area contributed by atoms with Crippen LogP contribution in [-0.2, 0) is 22.6 Å². The molecular formula is C28H28N2O3. The molecule has 1 saturated heterocycles. The van der Waals surface area contributed by atoms with E-state index in [4.69, 9.17) is 4.42 Å². The summed E-state index contributed by atoms with van der Waals surface area (Å²) in [6, 6.07) is 22.0. The normalized spacial score (nSPS) is 17.4. The summed E-state index contributed by atoms with van der Waals surface area (Å²) in [5.41, 5.74) is 4.31. The first-order chi connectivity index (χ1) is 16.1. The fourth-order valence-electron chi connectivity index (χ4n) is 4.85. The van der Waals surface area contributed by atoms with E-state index in [2.05, 4.69) is 29.2 Å². The molecule has 2 aliphatic heterocycles. The zero-order chi connectivity index (χ0) is 22.8. The molecule has 3 aromatic rings. The minimum atomic E-state index is -0.248. The van der Waals surface area contributed by atoms with E-state index in [-0.39, 0.29) is 18.4 Å². The molecule has 0 saturated carbocycles. The standard InChI is InChI=1S/C28H28N2O3/c1-20-9-11-23(12-10-20)25-26(28(32)30(27(25)31)19-24-8-5-17-33-24)29-15-13-22(14-16-29)18-21-6-3-2-4-7-21/h2-12,17,22H,13-16,18-19H2,1H3. The summed E-state index contributed by atoms with van der Waals surface area (Å²) in [5.74, 6) is 0.705. The van der Waals surface area contributed by atoms with Crippen LogP contribution in [0.15, 0.2) is 83.1 Å². The van der Waals surface area contributed by atoms with Gasteiger partial charge >= 0.3 is 0 Å². The summed E-state index contributed by atoms with van der Waals surface area (Å²) in [5, 5.41) is 0. The summed E-state index contributed by atoms with van der Waals surface area (Å²) in [4.78, 5) is 30.4. The first-order valence-corrected chi connectivity index (χ1v) is 11.6. The highest BCUT2D eigenvalue weighted by atomic mass is 16.3. The molecule has 0 unspecified atom stereocenters. The van der Waals surface area contributed by atoms with Gasteiger partial charge < -0.3 is 9.32 Å². The van der Waals surface area contributed by atoms with Crippen LogP contribution in [0.25, 0.3) is 5.57 Å². The third kappa shape index (κ3) is 4.36. The number of hydrogen-bond donors (Lipinski definition) is 0. The van der Waals surface area contributed by atoms with E-state index in [0.717, 1.165) is 43.5 Å². The Hall–Kier alpha value is -3.60. The maximum absolute atomic E-state index is 13.5. The van der Waals surface area contributed by atoms with E-state index in [1.807, 2.05) is 37.3 Å². The van der Waals surface area contributed by atoms with Crippen LogP contribution in [0.4, 0.5) is 0 Å². The second-order valence-corrected chi connectivity index (χ2v) is 8.99. The highest BCUT2D eigenvalue weighted by molar-refractivity contribution is 6.35. The molecule has 168 valence electrons. The van der Waals surface area contributed by atoms with Crippen molar-refractivity contribution in [1.82, 2.24) is 9.80 Å². The Morgan fingerprint density at radius 3 is 2.27 bits per heavy atom. The van der Waals surface area contributed by atoms with Crippen molar-refractivity contribution in [2.45, 2.75) is 32.7 Å². The van der Waals surface area contributed by atoms with Gasteiger partial charge in [0.05, 0.1) is 18.4 Å². The molecule has 0 bridgehead atoms. The van der Waals surface area contributed by atoms with Gasteiger partial charge in [0.15, 0.2) is 0 Å². The van der Waals surface area contributed by atoms with Crippen molar-refractivity contribution in [2.75, 3.05) is 13.1 Å². The Bertz CT molecular complexity index is 1160. The van der Waals surface area contributed by atoms with Crippen LogP contribution in [-0.4, -0.2) is 34.7 Å². The van der Waals surface area contributed by atoms with E-state index >= 15 is 0 Å². The van der Waals surface area contributed by atoms with Crippen molar-refractivity contribution in [1.29, 1.82) is 0 Å². The Kier molecular flexibility index (Phi) is 5.86. The van der Waals surface area contributed by atoms with Crippen LogP contribution >= 0.6 is 0 Å². The second-order valence-electron chi connectivity index (χ2n) is 8.99. The third-order valence-electron chi connectivity index (χ3n) is 6.68. The van der Waals surface area contributed by atoms with Gasteiger partial charge in [-0.15, -0.1) is 0 Å². The number of benzene rings is 2. The molecule has 0 aliphatic carbocycles. The zero-order valence-electron chi connectivity index (χ0n) is 18.9. The Morgan fingerprint density at radius 1 is 0.879 bits per heavy atom. The maximum atomic E-state index is 13.5. The van der Waals surface area contributed by atoms with Gasteiger partial charge in [0, 0.05) is 13.1 Å². The molecule has 2 aliphatic rings. The number of rotatable bonds is 6. The van der Waals surface area contributed by atoms with Gasteiger partial charge in [0.2, 0.25) is 0 Å². The van der Waals surface area contributed by atoms with Crippen molar-refractivity contribution in [3.8, 4) is 0 Å². The highest BCUT2D eigenvalue weighted by Crippen LogP contribution is 2.35. The van der Waals surface area contributed by atoms with Crippen LogP contribution in [0.1, 0.15) is 35.3 Å². The summed E-state index contributed by atoms with van der Waals surface area (Å²) in [7, 11) is 0. The van der Waals surface area contributed by atoms with E-state index in [9.17, 15) is 9.59 Å². The van der Waals surface area contributed by atoms with Gasteiger partial charge in [-0.2, -0.15) is 0 Å². The number of likely N-dealkylation sites (tertiary alicyclic amines) is 1. The molecule has 5 rings (SSSR count). The van der Waals surface area contributed by atoms with Gasteiger partial charge in [0.1, 0.15) is 11.5 Å². The van der Waals surface area contributed by atoms with Crippen molar-refractivity contribution < 1.29 is 14.0 Å². The average molecular weight is 441 g/mol. The molecule has 0 atom stereocenters. The number of carbonyl (C=O) groups excluding carboxylic acids is 2. The Balaban J connectivity index is 1.40. The topological polar surface area (TPSA) is 53.8 Å². The number of piperidine rings is 1. The lowest BCUT2D eigenvalue weighted by atomic mass is 9.89. The number of furan rings is 1. The highest BCUT2D eigenvalue weighted by Gasteiger charge is 2.42. The number of amides is 2. The largest absolute Gasteiger partial charge is 0.467 e. The van der Waals surface area contributed by atoms with Crippen molar-refractivity contribution in [2.24, 2.45) is 5.92 Å². The fraction of sp³-hybridized carbons (Fsp3) is 0.286. The molecule has 5 heteroatoms. The predicted octanol–water partition coefficient (Wildman–Crippen LogP) is 4.82. The maximum Gasteiger partial charge on any atom is 0.278 e. The minimum Gasteiger partial charge on any atom is -0.467 e. The SMILES string of the molecule is Cc1ccc(C2=C(N3CCC(Cc4ccccc4)CC3)C(=O)N(Cc3ccco3)C2=O)cc1. The molecule has 1 fully saturated rings. The molecule has 0 radical (unpaired) electrons. The summed E-state index contributed by atoms with van der Waals surface area (Å²) < 4.78 is 5.42. The van der Waals surface area contributed by atoms with Gasteiger partial charge in [0.25, 0.3) is 11.8 Å². The van der Waals surface area contributed by atoms with Gasteiger partial charge in [-0.1, -0.05) is 60.2 Å². The smallest absolute Gasteiger partial charge is 0.278 e. The van der Waals surface area contributed by atoms with Crippen LogP contribution < -0.4 is 0 Å². The zero-order valence-corrected chi connectivity index (χ0v) is 18.9. The molecule has 3 heterocycles. The van der Waals surface area contributed by atoms with E-state index in [1.165, 1.54) is 10.5 Å². The van der Waals surface area contributed by atoms with Crippen molar-refractivity contribution in [3.05, 3.63) is 101 Å². The van der Waals surface area contributed by atoms with Crippen LogP contribution in [0.2, 0.25) is 0 Å². The average Bonchev–Trinajstić information content (AvgIpc) is 3.43. The van der Waals surface area contributed by atoms with Gasteiger partial charge in [-0.05, 0) is 55.4 Å². The second kappa shape index (κ2) is 9.10. The van der Waals surface area contributed by atoms with E-state index in [1.54, 1.807) is 18.4 Å². The van der Waals surface area contributed by atoms with Crippen LogP contribution in [0.5, 0.6) is 0 Å². The number of hydrogen-bond acceptors (Lipinski definition) is 4. The molecule has 33 heavy (non-hydrogen) atoms. The number of aryl methyl sites for hydroxylation is 1. The summed E-state index contributed by atoms with van der Waals surface area (Å²) >= 11 is 0. The third-order valence-corrected chi connectivity index (χ3v) is 6.68. The lowest BCUT2D eigenvalue weighted by Crippen LogP contribution is -2.38. The molecule has 5 nitrogen and oxygen atoms in total. The van der Waals surface area contributed by atoms with Gasteiger partial charge in [-0.3, -0.25) is 14.5 Å². The number of carbonyl (C=O) groups is 2. The lowest BCUT2D eigenvalue weighted by molar-refractivity contribution is -0.138. The van der Waals surface area contributed by atoms with Crippen molar-refractivity contribution >= 4 is 17.4 Å². The number of nitrogens with zero attached hydrogens (tertiary/aromatic N) is 2. The molecule has 1 aromatic heterocycles. The molecular weight excluding hydrogens is 412 g/mol.